The Morgan fingerprint density at radius 2 is 1.79 bits per heavy atom. The maximum absolute atomic E-state index is 12.4. The van der Waals surface area contributed by atoms with E-state index in [4.69, 9.17) is 0 Å². The van der Waals surface area contributed by atoms with Crippen molar-refractivity contribution in [3.8, 4) is 0 Å². The van der Waals surface area contributed by atoms with Gasteiger partial charge < -0.3 is 15.5 Å². The average Bonchev–Trinajstić information content (AvgIpc) is 3.06. The highest BCUT2D eigenvalue weighted by atomic mass is 79.9. The van der Waals surface area contributed by atoms with Crippen molar-refractivity contribution in [3.05, 3.63) is 64.1 Å². The second-order valence-electron chi connectivity index (χ2n) is 7.26. The van der Waals surface area contributed by atoms with Crippen LogP contribution < -0.4 is 10.6 Å². The van der Waals surface area contributed by atoms with Crippen molar-refractivity contribution < 1.29 is 14.4 Å². The Kier molecular flexibility index (Phi) is 7.04. The van der Waals surface area contributed by atoms with Gasteiger partial charge in [-0.1, -0.05) is 45.8 Å². The van der Waals surface area contributed by atoms with E-state index in [-0.39, 0.29) is 43.0 Å². The highest BCUT2D eigenvalue weighted by Gasteiger charge is 2.34. The first-order chi connectivity index (χ1) is 13.9. The number of anilines is 1. The molecule has 1 unspecified atom stereocenters. The molecular weight excluding hydrogens is 434 g/mol. The van der Waals surface area contributed by atoms with E-state index >= 15 is 0 Å². The molecule has 2 aromatic rings. The molecule has 1 heterocycles. The lowest BCUT2D eigenvalue weighted by Crippen LogP contribution is -2.34. The predicted octanol–water partition coefficient (Wildman–Crippen LogP) is 3.25. The minimum absolute atomic E-state index is 0.0151. The van der Waals surface area contributed by atoms with Gasteiger partial charge in [0, 0.05) is 42.6 Å². The van der Waals surface area contributed by atoms with Crippen LogP contribution in [-0.2, 0) is 20.9 Å². The highest BCUT2D eigenvalue weighted by molar-refractivity contribution is 9.10. The number of benzene rings is 2. The van der Waals surface area contributed by atoms with Crippen molar-refractivity contribution in [3.63, 3.8) is 0 Å². The van der Waals surface area contributed by atoms with Crippen molar-refractivity contribution in [2.45, 2.75) is 26.3 Å². The van der Waals surface area contributed by atoms with Gasteiger partial charge in [-0.15, -0.1) is 0 Å². The predicted molar refractivity (Wildman–Crippen MR) is 115 cm³/mol. The summed E-state index contributed by atoms with van der Waals surface area (Å²) < 4.78 is 0.935. The van der Waals surface area contributed by atoms with Gasteiger partial charge in [-0.3, -0.25) is 14.4 Å². The fourth-order valence-corrected chi connectivity index (χ4v) is 3.48. The van der Waals surface area contributed by atoms with Crippen LogP contribution in [0.1, 0.15) is 24.0 Å². The summed E-state index contributed by atoms with van der Waals surface area (Å²) >= 11 is 3.34. The number of likely N-dealkylation sites (tertiary alicyclic amines) is 1. The number of hydrogen-bond acceptors (Lipinski definition) is 3. The Hall–Kier alpha value is -2.67. The molecule has 29 heavy (non-hydrogen) atoms. The number of rotatable bonds is 7. The first kappa shape index (κ1) is 21.0. The second-order valence-corrected chi connectivity index (χ2v) is 8.17. The number of nitrogens with one attached hydrogen (secondary N) is 2. The molecule has 0 aliphatic carbocycles. The third-order valence-corrected chi connectivity index (χ3v) is 5.39. The fraction of sp³-hybridized carbons (Fsp3) is 0.318. The lowest BCUT2D eigenvalue weighted by molar-refractivity contribution is -0.129. The summed E-state index contributed by atoms with van der Waals surface area (Å²) in [4.78, 5) is 38.3. The molecule has 0 bridgehead atoms. The zero-order chi connectivity index (χ0) is 20.8. The highest BCUT2D eigenvalue weighted by Crippen LogP contribution is 2.20. The summed E-state index contributed by atoms with van der Waals surface area (Å²) in [5, 5.41) is 5.56. The lowest BCUT2D eigenvalue weighted by atomic mass is 10.1. The molecule has 1 atom stereocenters. The van der Waals surface area contributed by atoms with Gasteiger partial charge >= 0.3 is 0 Å². The number of carbonyl (C=O) groups excluding carboxylic acids is 3. The summed E-state index contributed by atoms with van der Waals surface area (Å²) in [5.41, 5.74) is 2.93. The van der Waals surface area contributed by atoms with E-state index in [1.807, 2.05) is 43.3 Å². The van der Waals surface area contributed by atoms with Gasteiger partial charge in [0.1, 0.15) is 0 Å². The van der Waals surface area contributed by atoms with Gasteiger partial charge in [-0.25, -0.2) is 0 Å². The molecule has 0 saturated carbocycles. The number of carbonyl (C=O) groups is 3. The number of aryl methyl sites for hydroxylation is 1. The minimum Gasteiger partial charge on any atom is -0.355 e. The quantitative estimate of drug-likeness (QED) is 0.669. The van der Waals surface area contributed by atoms with Crippen molar-refractivity contribution in [2.24, 2.45) is 5.92 Å². The van der Waals surface area contributed by atoms with Gasteiger partial charge in [0.15, 0.2) is 0 Å². The summed E-state index contributed by atoms with van der Waals surface area (Å²) in [7, 11) is 0. The minimum atomic E-state index is -0.373. The van der Waals surface area contributed by atoms with Gasteiger partial charge in [-0.2, -0.15) is 0 Å². The monoisotopic (exact) mass is 457 g/mol. The Morgan fingerprint density at radius 1 is 1.10 bits per heavy atom. The third kappa shape index (κ3) is 6.15. The Balaban J connectivity index is 1.41. The largest absolute Gasteiger partial charge is 0.355 e. The topological polar surface area (TPSA) is 78.5 Å². The molecule has 6 nitrogen and oxygen atoms in total. The maximum Gasteiger partial charge on any atom is 0.226 e. The van der Waals surface area contributed by atoms with Crippen molar-refractivity contribution >= 4 is 39.3 Å². The average molecular weight is 458 g/mol. The van der Waals surface area contributed by atoms with E-state index in [0.29, 0.717) is 18.8 Å². The van der Waals surface area contributed by atoms with Crippen LogP contribution in [0, 0.1) is 12.8 Å². The molecule has 0 aromatic heterocycles. The standard InChI is InChI=1S/C22H24BrN3O3/c1-15-2-4-16(5-3-15)13-26-14-17(12-21(26)28)22(29)24-11-10-20(27)25-19-8-6-18(23)7-9-19/h2-9,17H,10-14H2,1H3,(H,24,29)(H,25,27). The van der Waals surface area contributed by atoms with E-state index in [9.17, 15) is 14.4 Å². The molecule has 2 aromatic carbocycles. The number of halogens is 1. The molecule has 1 saturated heterocycles. The second kappa shape index (κ2) is 9.69. The Morgan fingerprint density at radius 3 is 2.48 bits per heavy atom. The van der Waals surface area contributed by atoms with Gasteiger partial charge in [0.25, 0.3) is 0 Å². The van der Waals surface area contributed by atoms with E-state index in [1.54, 1.807) is 17.0 Å². The summed E-state index contributed by atoms with van der Waals surface area (Å²) in [6, 6.07) is 15.3. The molecule has 1 fully saturated rings. The number of hydrogen-bond donors (Lipinski definition) is 2. The molecular formula is C22H24BrN3O3. The van der Waals surface area contributed by atoms with E-state index in [1.165, 1.54) is 5.56 Å². The molecule has 1 aliphatic rings. The zero-order valence-corrected chi connectivity index (χ0v) is 17.9. The van der Waals surface area contributed by atoms with Gasteiger partial charge in [0.2, 0.25) is 17.7 Å². The summed E-state index contributed by atoms with van der Waals surface area (Å²) in [6.07, 6.45) is 0.387. The number of amides is 3. The van der Waals surface area contributed by atoms with Crippen molar-refractivity contribution in [1.29, 1.82) is 0 Å². The van der Waals surface area contributed by atoms with E-state index in [0.717, 1.165) is 10.0 Å². The van der Waals surface area contributed by atoms with Crippen LogP contribution in [-0.4, -0.2) is 35.7 Å². The zero-order valence-electron chi connectivity index (χ0n) is 16.3. The summed E-state index contributed by atoms with van der Waals surface area (Å²) in [5.74, 6) is -0.737. The van der Waals surface area contributed by atoms with E-state index < -0.39 is 0 Å². The Bertz CT molecular complexity index is 881. The molecule has 3 rings (SSSR count). The van der Waals surface area contributed by atoms with Crippen LogP contribution in [0.2, 0.25) is 0 Å². The van der Waals surface area contributed by atoms with Crippen molar-refractivity contribution in [1.82, 2.24) is 10.2 Å². The smallest absolute Gasteiger partial charge is 0.226 e. The van der Waals surface area contributed by atoms with Crippen LogP contribution in [0.4, 0.5) is 5.69 Å². The maximum atomic E-state index is 12.4. The normalized spacial score (nSPS) is 16.0. The van der Waals surface area contributed by atoms with Crippen LogP contribution >= 0.6 is 15.9 Å². The fourth-order valence-electron chi connectivity index (χ4n) is 3.21. The SMILES string of the molecule is Cc1ccc(CN2CC(C(=O)NCCC(=O)Nc3ccc(Br)cc3)CC2=O)cc1. The lowest BCUT2D eigenvalue weighted by Gasteiger charge is -2.17. The van der Waals surface area contributed by atoms with Crippen LogP contribution in [0.25, 0.3) is 0 Å². The molecule has 0 spiro atoms. The van der Waals surface area contributed by atoms with Crippen molar-refractivity contribution in [2.75, 3.05) is 18.4 Å². The molecule has 2 N–H and O–H groups in total. The van der Waals surface area contributed by atoms with Crippen LogP contribution in [0.3, 0.4) is 0 Å². The van der Waals surface area contributed by atoms with Crippen LogP contribution in [0.15, 0.2) is 53.0 Å². The first-order valence-electron chi connectivity index (χ1n) is 9.57. The molecule has 7 heteroatoms. The molecule has 1 aliphatic heterocycles. The molecule has 0 radical (unpaired) electrons. The van der Waals surface area contributed by atoms with Gasteiger partial charge in [0.05, 0.1) is 5.92 Å². The van der Waals surface area contributed by atoms with Crippen LogP contribution in [0.5, 0.6) is 0 Å². The van der Waals surface area contributed by atoms with E-state index in [2.05, 4.69) is 26.6 Å². The summed E-state index contributed by atoms with van der Waals surface area (Å²) in [6.45, 7) is 3.18. The molecule has 152 valence electrons. The number of nitrogens with zero attached hydrogens (tertiary/aromatic N) is 1. The van der Waals surface area contributed by atoms with Gasteiger partial charge in [-0.05, 0) is 36.8 Å². The third-order valence-electron chi connectivity index (χ3n) is 4.86. The molecule has 3 amide bonds. The Labute approximate surface area is 178 Å². The first-order valence-corrected chi connectivity index (χ1v) is 10.4.